The average Bonchev–Trinajstić information content (AvgIpc) is 3.22. The molecule has 148 valence electrons. The quantitative estimate of drug-likeness (QED) is 0.797. The smallest absolute Gasteiger partial charge is 0.255 e. The van der Waals surface area contributed by atoms with E-state index in [1.165, 1.54) is 12.8 Å². The lowest BCUT2D eigenvalue weighted by Gasteiger charge is -2.38. The van der Waals surface area contributed by atoms with Crippen molar-refractivity contribution < 1.29 is 9.59 Å². The molecule has 6 nitrogen and oxygen atoms in total. The number of nitrogens with one attached hydrogen (secondary N) is 1. The number of carbonyl (C=O) groups excluding carboxylic acids is 2. The van der Waals surface area contributed by atoms with E-state index in [1.54, 1.807) is 18.5 Å². The summed E-state index contributed by atoms with van der Waals surface area (Å²) in [5.74, 6) is 0.947. The van der Waals surface area contributed by atoms with Crippen molar-refractivity contribution in [2.24, 2.45) is 11.8 Å². The van der Waals surface area contributed by atoms with Gasteiger partial charge in [0.2, 0.25) is 5.91 Å². The maximum atomic E-state index is 12.7. The van der Waals surface area contributed by atoms with Gasteiger partial charge in [0.15, 0.2) is 0 Å². The first-order chi connectivity index (χ1) is 13.2. The summed E-state index contributed by atoms with van der Waals surface area (Å²) in [7, 11) is 0. The third-order valence-electron chi connectivity index (χ3n) is 6.01. The minimum Gasteiger partial charge on any atom is -0.355 e. The minimum atomic E-state index is 0.0510. The van der Waals surface area contributed by atoms with Gasteiger partial charge in [-0.1, -0.05) is 13.3 Å². The fraction of sp³-hybridized carbons (Fsp3) is 0.667. The van der Waals surface area contributed by atoms with E-state index in [9.17, 15) is 9.59 Å². The van der Waals surface area contributed by atoms with Crippen LogP contribution in [0.1, 0.15) is 49.4 Å². The fourth-order valence-corrected chi connectivity index (χ4v) is 4.34. The van der Waals surface area contributed by atoms with E-state index in [0.717, 1.165) is 52.1 Å². The Kier molecular flexibility index (Phi) is 7.21. The van der Waals surface area contributed by atoms with Crippen LogP contribution in [0.25, 0.3) is 0 Å². The van der Waals surface area contributed by atoms with E-state index in [1.807, 2.05) is 11.0 Å². The average molecular weight is 373 g/mol. The molecule has 0 aliphatic carbocycles. The Balaban J connectivity index is 1.45. The third-order valence-corrected chi connectivity index (χ3v) is 6.01. The van der Waals surface area contributed by atoms with Crippen LogP contribution in [0.5, 0.6) is 0 Å². The molecule has 1 N–H and O–H groups in total. The molecule has 2 aliphatic rings. The summed E-state index contributed by atoms with van der Waals surface area (Å²) in [4.78, 5) is 33.4. The molecule has 0 saturated carbocycles. The molecule has 27 heavy (non-hydrogen) atoms. The highest BCUT2D eigenvalue weighted by molar-refractivity contribution is 5.94. The number of hydrogen-bond donors (Lipinski definition) is 1. The molecule has 2 amide bonds. The van der Waals surface area contributed by atoms with Gasteiger partial charge in [-0.05, 0) is 56.3 Å². The predicted octanol–water partition coefficient (Wildman–Crippen LogP) is 2.17. The summed E-state index contributed by atoms with van der Waals surface area (Å²) in [6, 6.07) is 3.61. The topological polar surface area (TPSA) is 65.5 Å². The van der Waals surface area contributed by atoms with Gasteiger partial charge >= 0.3 is 0 Å². The molecule has 1 aromatic heterocycles. The maximum Gasteiger partial charge on any atom is 0.255 e. The van der Waals surface area contributed by atoms with Crippen molar-refractivity contribution in [3.8, 4) is 0 Å². The Labute approximate surface area is 162 Å². The predicted molar refractivity (Wildman–Crippen MR) is 105 cm³/mol. The SMILES string of the molecule is CC[C@H]1CN(C(=O)c2cccnc2)CC[C@H]1CC(=O)NCCN1CCCC1. The molecule has 0 unspecified atom stereocenters. The maximum absolute atomic E-state index is 12.7. The van der Waals surface area contributed by atoms with Crippen LogP contribution in [0.15, 0.2) is 24.5 Å². The van der Waals surface area contributed by atoms with Gasteiger partial charge in [0, 0.05) is 45.0 Å². The molecule has 2 aliphatic heterocycles. The number of rotatable bonds is 7. The van der Waals surface area contributed by atoms with Crippen LogP contribution in [-0.4, -0.2) is 65.9 Å². The van der Waals surface area contributed by atoms with E-state index in [4.69, 9.17) is 0 Å². The zero-order valence-corrected chi connectivity index (χ0v) is 16.4. The van der Waals surface area contributed by atoms with Crippen LogP contribution in [0.2, 0.25) is 0 Å². The summed E-state index contributed by atoms with van der Waals surface area (Å²) in [5, 5.41) is 3.09. The first-order valence-electron chi connectivity index (χ1n) is 10.4. The number of amides is 2. The summed E-state index contributed by atoms with van der Waals surface area (Å²) in [5.41, 5.74) is 0.644. The lowest BCUT2D eigenvalue weighted by atomic mass is 9.81. The minimum absolute atomic E-state index is 0.0510. The van der Waals surface area contributed by atoms with Gasteiger partial charge in [0.05, 0.1) is 5.56 Å². The van der Waals surface area contributed by atoms with Crippen LogP contribution < -0.4 is 5.32 Å². The number of nitrogens with zero attached hydrogens (tertiary/aromatic N) is 3. The van der Waals surface area contributed by atoms with E-state index in [-0.39, 0.29) is 11.8 Å². The second kappa shape index (κ2) is 9.83. The lowest BCUT2D eigenvalue weighted by Crippen LogP contribution is -2.45. The molecule has 2 fully saturated rings. The highest BCUT2D eigenvalue weighted by atomic mass is 16.2. The standard InChI is InChI=1S/C21H32N4O2/c1-2-17-16-25(21(27)19-6-5-8-22-15-19)12-7-18(17)14-20(26)23-9-13-24-10-3-4-11-24/h5-6,8,15,17-18H,2-4,7,9-14,16H2,1H3,(H,23,26)/t17-,18-/m0/s1. The summed E-state index contributed by atoms with van der Waals surface area (Å²) < 4.78 is 0. The van der Waals surface area contributed by atoms with E-state index >= 15 is 0 Å². The highest BCUT2D eigenvalue weighted by Gasteiger charge is 2.32. The molecule has 0 aromatic carbocycles. The molecule has 6 heteroatoms. The number of hydrogen-bond acceptors (Lipinski definition) is 4. The van der Waals surface area contributed by atoms with Gasteiger partial charge in [-0.25, -0.2) is 0 Å². The van der Waals surface area contributed by atoms with Crippen LogP contribution >= 0.6 is 0 Å². The van der Waals surface area contributed by atoms with Crippen LogP contribution in [0, 0.1) is 11.8 Å². The van der Waals surface area contributed by atoms with Crippen molar-refractivity contribution >= 4 is 11.8 Å². The van der Waals surface area contributed by atoms with Crippen molar-refractivity contribution in [3.05, 3.63) is 30.1 Å². The summed E-state index contributed by atoms with van der Waals surface area (Å²) in [6.07, 6.45) is 8.33. The number of piperidine rings is 1. The van der Waals surface area contributed by atoms with Crippen LogP contribution in [0.3, 0.4) is 0 Å². The Bertz CT molecular complexity index is 616. The zero-order valence-electron chi connectivity index (χ0n) is 16.4. The fourth-order valence-electron chi connectivity index (χ4n) is 4.34. The normalized spacial score (nSPS) is 23.4. The van der Waals surface area contributed by atoms with Crippen molar-refractivity contribution in [1.82, 2.24) is 20.1 Å². The molecule has 0 bridgehead atoms. The van der Waals surface area contributed by atoms with Crippen LogP contribution in [-0.2, 0) is 4.79 Å². The summed E-state index contributed by atoms with van der Waals surface area (Å²) in [6.45, 7) is 7.64. The molecule has 2 atom stereocenters. The molecule has 3 rings (SSSR count). The van der Waals surface area contributed by atoms with E-state index < -0.39 is 0 Å². The second-order valence-corrected chi connectivity index (χ2v) is 7.81. The second-order valence-electron chi connectivity index (χ2n) is 7.81. The Morgan fingerprint density at radius 3 is 2.74 bits per heavy atom. The Hall–Kier alpha value is -1.95. The molecule has 2 saturated heterocycles. The van der Waals surface area contributed by atoms with Gasteiger partial charge in [0.25, 0.3) is 5.91 Å². The molecule has 3 heterocycles. The Morgan fingerprint density at radius 2 is 2.04 bits per heavy atom. The first-order valence-corrected chi connectivity index (χ1v) is 10.4. The number of pyridine rings is 1. The molecule has 0 radical (unpaired) electrons. The molecular weight excluding hydrogens is 340 g/mol. The number of aromatic nitrogens is 1. The zero-order chi connectivity index (χ0) is 19.1. The summed E-state index contributed by atoms with van der Waals surface area (Å²) >= 11 is 0. The first kappa shape index (κ1) is 19.8. The van der Waals surface area contributed by atoms with Gasteiger partial charge in [-0.3, -0.25) is 14.6 Å². The number of likely N-dealkylation sites (tertiary alicyclic amines) is 2. The van der Waals surface area contributed by atoms with Crippen molar-refractivity contribution in [3.63, 3.8) is 0 Å². The highest BCUT2D eigenvalue weighted by Crippen LogP contribution is 2.29. The monoisotopic (exact) mass is 372 g/mol. The van der Waals surface area contributed by atoms with Crippen molar-refractivity contribution in [2.45, 2.75) is 39.0 Å². The molecular formula is C21H32N4O2. The third kappa shape index (κ3) is 5.51. The van der Waals surface area contributed by atoms with Gasteiger partial charge < -0.3 is 15.1 Å². The van der Waals surface area contributed by atoms with Gasteiger partial charge in [0.1, 0.15) is 0 Å². The van der Waals surface area contributed by atoms with E-state index in [0.29, 0.717) is 23.8 Å². The largest absolute Gasteiger partial charge is 0.355 e. The lowest BCUT2D eigenvalue weighted by molar-refractivity contribution is -0.122. The number of carbonyl (C=O) groups is 2. The van der Waals surface area contributed by atoms with Crippen molar-refractivity contribution in [2.75, 3.05) is 39.3 Å². The Morgan fingerprint density at radius 1 is 1.22 bits per heavy atom. The van der Waals surface area contributed by atoms with Gasteiger partial charge in [-0.15, -0.1) is 0 Å². The van der Waals surface area contributed by atoms with Crippen LogP contribution in [0.4, 0.5) is 0 Å². The van der Waals surface area contributed by atoms with Crippen molar-refractivity contribution in [1.29, 1.82) is 0 Å². The van der Waals surface area contributed by atoms with E-state index in [2.05, 4.69) is 22.1 Å². The molecule has 0 spiro atoms. The van der Waals surface area contributed by atoms with Gasteiger partial charge in [-0.2, -0.15) is 0 Å². The molecule has 1 aromatic rings.